The van der Waals surface area contributed by atoms with E-state index in [1.165, 1.54) is 6.08 Å². The van der Waals surface area contributed by atoms with Crippen molar-refractivity contribution in [2.45, 2.75) is 71.3 Å². The van der Waals surface area contributed by atoms with Gasteiger partial charge in [0.15, 0.2) is 0 Å². The van der Waals surface area contributed by atoms with Crippen LogP contribution in [0.25, 0.3) is 6.08 Å². The minimum absolute atomic E-state index is 0.0208. The van der Waals surface area contributed by atoms with Gasteiger partial charge in [0.2, 0.25) is 0 Å². The largest absolute Gasteiger partial charge is 0.466 e. The molecule has 0 saturated heterocycles. The SMILES string of the molecule is CCOC(=O)C[C@H](NS(=O)C(C)(C)C)c1ccccc1/C=C/C(=O)OC(C)(C)C. The summed E-state index contributed by atoms with van der Waals surface area (Å²) in [6.45, 7) is 13.0. The van der Waals surface area contributed by atoms with Crippen molar-refractivity contribution in [3.63, 3.8) is 0 Å². The second-order valence-electron chi connectivity index (χ2n) is 8.56. The lowest BCUT2D eigenvalue weighted by Crippen LogP contribution is -2.37. The van der Waals surface area contributed by atoms with Gasteiger partial charge in [0.25, 0.3) is 0 Å². The monoisotopic (exact) mass is 423 g/mol. The van der Waals surface area contributed by atoms with Crippen LogP contribution in [0.1, 0.15) is 72.1 Å². The fourth-order valence-electron chi connectivity index (χ4n) is 2.38. The Hall–Kier alpha value is -1.99. The quantitative estimate of drug-likeness (QED) is 0.503. The number of ether oxygens (including phenoxy) is 2. The Labute approximate surface area is 176 Å². The summed E-state index contributed by atoms with van der Waals surface area (Å²) in [5.41, 5.74) is 0.891. The number of benzene rings is 1. The predicted molar refractivity (Wildman–Crippen MR) is 116 cm³/mol. The van der Waals surface area contributed by atoms with Crippen LogP contribution in [0.15, 0.2) is 30.3 Å². The van der Waals surface area contributed by atoms with E-state index in [1.807, 2.05) is 45.0 Å². The Bertz CT molecular complexity index is 759. The first-order valence-electron chi connectivity index (χ1n) is 9.67. The van der Waals surface area contributed by atoms with Crippen molar-refractivity contribution in [1.29, 1.82) is 0 Å². The number of esters is 2. The van der Waals surface area contributed by atoms with Gasteiger partial charge in [-0.05, 0) is 65.7 Å². The zero-order chi connectivity index (χ0) is 22.2. The Morgan fingerprint density at radius 3 is 2.31 bits per heavy atom. The molecule has 0 amide bonds. The van der Waals surface area contributed by atoms with Gasteiger partial charge in [-0.1, -0.05) is 24.3 Å². The molecule has 0 saturated carbocycles. The smallest absolute Gasteiger partial charge is 0.331 e. The number of hydrogen-bond acceptors (Lipinski definition) is 5. The van der Waals surface area contributed by atoms with E-state index < -0.39 is 33.3 Å². The van der Waals surface area contributed by atoms with Crippen molar-refractivity contribution in [2.75, 3.05) is 6.61 Å². The molecule has 0 radical (unpaired) electrons. The highest BCUT2D eigenvalue weighted by atomic mass is 32.2. The lowest BCUT2D eigenvalue weighted by molar-refractivity contribution is -0.148. The van der Waals surface area contributed by atoms with Crippen molar-refractivity contribution in [1.82, 2.24) is 4.72 Å². The van der Waals surface area contributed by atoms with E-state index in [4.69, 9.17) is 9.47 Å². The Morgan fingerprint density at radius 2 is 1.76 bits per heavy atom. The maximum atomic E-state index is 12.7. The van der Waals surface area contributed by atoms with Gasteiger partial charge >= 0.3 is 11.9 Å². The second-order valence-corrected chi connectivity index (χ2v) is 10.6. The number of carbonyl (C=O) groups excluding carboxylic acids is 2. The van der Waals surface area contributed by atoms with Crippen LogP contribution in [-0.2, 0) is 30.0 Å². The van der Waals surface area contributed by atoms with Crippen molar-refractivity contribution in [2.24, 2.45) is 0 Å². The van der Waals surface area contributed by atoms with Crippen molar-refractivity contribution in [3.05, 3.63) is 41.5 Å². The lowest BCUT2D eigenvalue weighted by atomic mass is 9.98. The normalized spacial score (nSPS) is 14.4. The molecular formula is C22H33NO5S. The third-order valence-corrected chi connectivity index (χ3v) is 5.27. The van der Waals surface area contributed by atoms with Crippen LogP contribution in [-0.4, -0.2) is 33.1 Å². The molecule has 29 heavy (non-hydrogen) atoms. The summed E-state index contributed by atoms with van der Waals surface area (Å²) < 4.78 is 25.6. The molecule has 1 unspecified atom stereocenters. The molecule has 2 atom stereocenters. The van der Waals surface area contributed by atoms with Gasteiger partial charge in [-0.25, -0.2) is 13.7 Å². The third-order valence-electron chi connectivity index (χ3n) is 3.66. The number of hydrogen-bond donors (Lipinski definition) is 1. The second kappa shape index (κ2) is 10.7. The zero-order valence-electron chi connectivity index (χ0n) is 18.4. The molecule has 6 nitrogen and oxygen atoms in total. The zero-order valence-corrected chi connectivity index (χ0v) is 19.2. The summed E-state index contributed by atoms with van der Waals surface area (Å²) in [6, 6.07) is 6.80. The molecule has 1 aromatic carbocycles. The van der Waals surface area contributed by atoms with Gasteiger partial charge in [0, 0.05) is 6.08 Å². The highest BCUT2D eigenvalue weighted by Gasteiger charge is 2.26. The molecule has 0 heterocycles. The van der Waals surface area contributed by atoms with E-state index in [1.54, 1.807) is 33.8 Å². The van der Waals surface area contributed by atoms with Gasteiger partial charge < -0.3 is 9.47 Å². The van der Waals surface area contributed by atoms with Gasteiger partial charge in [-0.3, -0.25) is 4.79 Å². The highest BCUT2D eigenvalue weighted by molar-refractivity contribution is 7.84. The highest BCUT2D eigenvalue weighted by Crippen LogP contribution is 2.25. The summed E-state index contributed by atoms with van der Waals surface area (Å²) in [6.07, 6.45) is 3.02. The molecule has 7 heteroatoms. The van der Waals surface area contributed by atoms with Crippen LogP contribution in [0.4, 0.5) is 0 Å². The molecule has 0 bridgehead atoms. The van der Waals surface area contributed by atoms with Gasteiger partial charge in [0.05, 0.1) is 34.8 Å². The minimum atomic E-state index is -1.40. The third kappa shape index (κ3) is 9.37. The van der Waals surface area contributed by atoms with Crippen LogP contribution < -0.4 is 4.72 Å². The van der Waals surface area contributed by atoms with Gasteiger partial charge in [0.1, 0.15) is 5.60 Å². The maximum absolute atomic E-state index is 12.7. The molecule has 0 aliphatic carbocycles. The summed E-state index contributed by atoms with van der Waals surface area (Å²) in [4.78, 5) is 24.2. The van der Waals surface area contributed by atoms with E-state index in [9.17, 15) is 13.8 Å². The first kappa shape index (κ1) is 25.0. The molecule has 0 spiro atoms. The first-order chi connectivity index (χ1) is 13.3. The molecule has 1 N–H and O–H groups in total. The van der Waals surface area contributed by atoms with E-state index in [-0.39, 0.29) is 19.0 Å². The molecule has 162 valence electrons. The van der Waals surface area contributed by atoms with Crippen LogP contribution >= 0.6 is 0 Å². The Morgan fingerprint density at radius 1 is 1.14 bits per heavy atom. The van der Waals surface area contributed by atoms with E-state index >= 15 is 0 Å². The topological polar surface area (TPSA) is 81.7 Å². The molecule has 1 aromatic rings. The summed E-state index contributed by atoms with van der Waals surface area (Å²) in [5.74, 6) is -0.845. The molecule has 0 aliphatic rings. The molecule has 1 rings (SSSR count). The molecule has 0 aromatic heterocycles. The first-order valence-corrected chi connectivity index (χ1v) is 10.8. The van der Waals surface area contributed by atoms with Crippen molar-refractivity contribution in [3.8, 4) is 0 Å². The van der Waals surface area contributed by atoms with E-state index in [0.717, 1.165) is 11.1 Å². The summed E-state index contributed by atoms with van der Waals surface area (Å²) in [5, 5.41) is 0. The lowest BCUT2D eigenvalue weighted by Gasteiger charge is -2.25. The number of rotatable bonds is 8. The molecule has 0 fully saturated rings. The standard InChI is InChI=1S/C22H33NO5S/c1-8-27-20(25)15-18(23-29(26)22(5,6)7)17-12-10-9-11-16(17)13-14-19(24)28-21(2,3)4/h9-14,18,23H,8,15H2,1-7H3/b14-13+/t18-,29?/m0/s1. The number of carbonyl (C=O) groups is 2. The van der Waals surface area contributed by atoms with Crippen molar-refractivity contribution >= 4 is 29.0 Å². The van der Waals surface area contributed by atoms with E-state index in [0.29, 0.717) is 0 Å². The average molecular weight is 424 g/mol. The van der Waals surface area contributed by atoms with Gasteiger partial charge in [-0.15, -0.1) is 0 Å². The molecular weight excluding hydrogens is 390 g/mol. The minimum Gasteiger partial charge on any atom is -0.466 e. The Kier molecular flexibility index (Phi) is 9.23. The number of nitrogens with one attached hydrogen (secondary N) is 1. The fourth-order valence-corrected chi connectivity index (χ4v) is 3.20. The Balaban J connectivity index is 3.19. The molecule has 0 aliphatic heterocycles. The van der Waals surface area contributed by atoms with Crippen LogP contribution in [0.2, 0.25) is 0 Å². The summed E-state index contributed by atoms with van der Waals surface area (Å²) >= 11 is 0. The fraction of sp³-hybridized carbons (Fsp3) is 0.545. The average Bonchev–Trinajstić information content (AvgIpc) is 2.57. The summed E-state index contributed by atoms with van der Waals surface area (Å²) in [7, 11) is -1.40. The van der Waals surface area contributed by atoms with Gasteiger partial charge in [-0.2, -0.15) is 0 Å². The van der Waals surface area contributed by atoms with E-state index in [2.05, 4.69) is 4.72 Å². The maximum Gasteiger partial charge on any atom is 0.331 e. The van der Waals surface area contributed by atoms with Crippen LogP contribution in [0.5, 0.6) is 0 Å². The van der Waals surface area contributed by atoms with Crippen LogP contribution in [0, 0.1) is 0 Å². The predicted octanol–water partition coefficient (Wildman–Crippen LogP) is 4.09. The van der Waals surface area contributed by atoms with Crippen LogP contribution in [0.3, 0.4) is 0 Å². The van der Waals surface area contributed by atoms with Crippen molar-refractivity contribution < 1.29 is 23.3 Å².